The molecule has 0 aliphatic heterocycles. The van der Waals surface area contributed by atoms with Crippen LogP contribution in [-0.4, -0.2) is 24.8 Å². The maximum Gasteiger partial charge on any atom is 0.273 e. The number of fused-ring (bicyclic) bond motifs is 1. The number of anilines is 1. The molecule has 0 unspecified atom stereocenters. The van der Waals surface area contributed by atoms with Gasteiger partial charge in [-0.05, 0) is 61.6 Å². The minimum atomic E-state index is -0.274. The first-order valence-corrected chi connectivity index (χ1v) is 9.85. The van der Waals surface area contributed by atoms with Gasteiger partial charge in [-0.25, -0.2) is 4.98 Å². The van der Waals surface area contributed by atoms with Gasteiger partial charge in [-0.15, -0.1) is 0 Å². The molecule has 0 aliphatic rings. The highest BCUT2D eigenvalue weighted by atomic mass is 32.1. The smallest absolute Gasteiger partial charge is 0.273 e. The molecule has 0 bridgehead atoms. The highest BCUT2D eigenvalue weighted by Gasteiger charge is 2.18. The number of hydrogen-bond donors (Lipinski definition) is 1. The first-order valence-electron chi connectivity index (χ1n) is 9.08. The lowest BCUT2D eigenvalue weighted by Crippen LogP contribution is -2.30. The summed E-state index contributed by atoms with van der Waals surface area (Å²) in [5.74, 6) is 0.193. The lowest BCUT2D eigenvalue weighted by atomic mass is 10.1. The molecule has 7 nitrogen and oxygen atoms in total. The molecule has 0 atom stereocenters. The second-order valence-electron chi connectivity index (χ2n) is 6.86. The van der Waals surface area contributed by atoms with E-state index in [-0.39, 0.29) is 18.0 Å². The van der Waals surface area contributed by atoms with Gasteiger partial charge >= 0.3 is 0 Å². The Morgan fingerprint density at radius 1 is 1.14 bits per heavy atom. The van der Waals surface area contributed by atoms with E-state index in [1.54, 1.807) is 19.3 Å². The van der Waals surface area contributed by atoms with E-state index >= 15 is 0 Å². The Morgan fingerprint density at radius 2 is 1.90 bits per heavy atom. The second-order valence-corrected chi connectivity index (χ2v) is 7.64. The number of nitrogens with zero attached hydrogens (tertiary/aromatic N) is 4. The molecule has 29 heavy (non-hydrogen) atoms. The Morgan fingerprint density at radius 3 is 2.66 bits per heavy atom. The molecule has 0 fully saturated rings. The molecule has 0 saturated carbocycles. The van der Waals surface area contributed by atoms with Gasteiger partial charge in [0.1, 0.15) is 28.3 Å². The number of aryl methyl sites for hydroxylation is 3. The van der Waals surface area contributed by atoms with Gasteiger partial charge in [0.25, 0.3) is 5.56 Å². The van der Waals surface area contributed by atoms with Crippen molar-refractivity contribution >= 4 is 33.3 Å². The number of carbonyl (C=O) groups excluding carboxylic acids is 1. The number of carbonyl (C=O) groups is 1. The molecule has 4 aromatic rings. The Hall–Kier alpha value is -3.39. The van der Waals surface area contributed by atoms with E-state index in [4.69, 9.17) is 0 Å². The molecular weight excluding hydrogens is 386 g/mol. The van der Waals surface area contributed by atoms with Crippen molar-refractivity contribution in [1.82, 2.24) is 18.9 Å². The van der Waals surface area contributed by atoms with Crippen LogP contribution in [0.1, 0.15) is 17.0 Å². The third-order valence-corrected chi connectivity index (χ3v) is 5.52. The maximum absolute atomic E-state index is 13.0. The van der Waals surface area contributed by atoms with E-state index in [1.807, 2.05) is 44.2 Å². The molecular formula is C21H19N5O2S. The van der Waals surface area contributed by atoms with E-state index < -0.39 is 0 Å². The lowest BCUT2D eigenvalue weighted by molar-refractivity contribution is -0.116. The third kappa shape index (κ3) is 3.66. The van der Waals surface area contributed by atoms with E-state index in [2.05, 4.69) is 19.7 Å². The van der Waals surface area contributed by atoms with Gasteiger partial charge < -0.3 is 5.32 Å². The van der Waals surface area contributed by atoms with Crippen LogP contribution in [0.5, 0.6) is 0 Å². The van der Waals surface area contributed by atoms with Crippen LogP contribution in [-0.2, 0) is 11.3 Å². The average molecular weight is 405 g/mol. The standard InChI is InChI=1S/C21H19N5O2S/c1-12-4-5-13(2)16(10-12)24-17(27)11-26-14(3)23-19-18(15-6-8-22-9-7-15)25-29-20(19)21(26)28/h4-10H,11H2,1-3H3,(H,24,27). The number of benzene rings is 1. The molecule has 4 rings (SSSR count). The topological polar surface area (TPSA) is 89.8 Å². The fourth-order valence-electron chi connectivity index (χ4n) is 3.11. The summed E-state index contributed by atoms with van der Waals surface area (Å²) in [5, 5.41) is 2.89. The quantitative estimate of drug-likeness (QED) is 0.561. The van der Waals surface area contributed by atoms with Crippen molar-refractivity contribution in [2.24, 2.45) is 0 Å². The summed E-state index contributed by atoms with van der Waals surface area (Å²) in [7, 11) is 0. The van der Waals surface area contributed by atoms with Gasteiger partial charge in [0, 0.05) is 23.6 Å². The van der Waals surface area contributed by atoms with E-state index in [9.17, 15) is 9.59 Å². The maximum atomic E-state index is 13.0. The zero-order chi connectivity index (χ0) is 20.5. The van der Waals surface area contributed by atoms with Crippen molar-refractivity contribution < 1.29 is 4.79 Å². The van der Waals surface area contributed by atoms with E-state index in [0.29, 0.717) is 21.7 Å². The molecule has 3 aromatic heterocycles. The molecule has 0 saturated heterocycles. The number of amides is 1. The highest BCUT2D eigenvalue weighted by Crippen LogP contribution is 2.27. The monoisotopic (exact) mass is 405 g/mol. The Kier molecular flexibility index (Phi) is 4.94. The number of aromatic nitrogens is 4. The molecule has 0 radical (unpaired) electrons. The zero-order valence-electron chi connectivity index (χ0n) is 16.3. The van der Waals surface area contributed by atoms with Crippen molar-refractivity contribution in [2.75, 3.05) is 5.32 Å². The second kappa shape index (κ2) is 7.56. The summed E-state index contributed by atoms with van der Waals surface area (Å²) in [4.78, 5) is 34.2. The largest absolute Gasteiger partial charge is 0.324 e. The minimum absolute atomic E-state index is 0.108. The number of pyridine rings is 1. The molecule has 0 spiro atoms. The van der Waals surface area contributed by atoms with E-state index in [0.717, 1.165) is 33.9 Å². The number of rotatable bonds is 4. The fourth-order valence-corrected chi connectivity index (χ4v) is 3.90. The average Bonchev–Trinajstić information content (AvgIpc) is 3.12. The Bertz CT molecular complexity index is 1280. The molecule has 1 N–H and O–H groups in total. The Labute approximate surface area is 171 Å². The number of nitrogens with one attached hydrogen (secondary N) is 1. The molecule has 1 aromatic carbocycles. The van der Waals surface area contributed by atoms with Crippen LogP contribution in [0, 0.1) is 20.8 Å². The van der Waals surface area contributed by atoms with Gasteiger partial charge in [-0.2, -0.15) is 4.37 Å². The normalized spacial score (nSPS) is 11.0. The van der Waals surface area contributed by atoms with Gasteiger partial charge in [0.15, 0.2) is 0 Å². The van der Waals surface area contributed by atoms with Gasteiger partial charge in [-0.3, -0.25) is 19.1 Å². The highest BCUT2D eigenvalue weighted by molar-refractivity contribution is 7.13. The van der Waals surface area contributed by atoms with Gasteiger partial charge in [0.2, 0.25) is 5.91 Å². The predicted molar refractivity (Wildman–Crippen MR) is 114 cm³/mol. The van der Waals surface area contributed by atoms with Gasteiger partial charge in [0.05, 0.1) is 0 Å². The zero-order valence-corrected chi connectivity index (χ0v) is 17.1. The van der Waals surface area contributed by atoms with Crippen LogP contribution in [0.4, 0.5) is 5.69 Å². The lowest BCUT2D eigenvalue weighted by Gasteiger charge is -2.12. The van der Waals surface area contributed by atoms with E-state index in [1.165, 1.54) is 4.57 Å². The van der Waals surface area contributed by atoms with Crippen molar-refractivity contribution in [3.05, 3.63) is 70.0 Å². The van der Waals surface area contributed by atoms with Crippen molar-refractivity contribution in [1.29, 1.82) is 0 Å². The van der Waals surface area contributed by atoms with Gasteiger partial charge in [-0.1, -0.05) is 12.1 Å². The van der Waals surface area contributed by atoms with Crippen LogP contribution >= 0.6 is 11.5 Å². The summed E-state index contributed by atoms with van der Waals surface area (Å²) in [6.45, 7) is 5.51. The molecule has 3 heterocycles. The van der Waals surface area contributed by atoms with Crippen LogP contribution < -0.4 is 10.9 Å². The Balaban J connectivity index is 1.67. The number of hydrogen-bond acceptors (Lipinski definition) is 6. The molecule has 1 amide bonds. The summed E-state index contributed by atoms with van der Waals surface area (Å²) in [6.07, 6.45) is 3.35. The first-order chi connectivity index (χ1) is 13.9. The summed E-state index contributed by atoms with van der Waals surface area (Å²) < 4.78 is 6.23. The first kappa shape index (κ1) is 18.9. The SMILES string of the molecule is Cc1ccc(C)c(NC(=O)Cn2c(C)nc3c(-c4ccncc4)nsc3c2=O)c1. The fraction of sp³-hybridized carbons (Fsp3) is 0.190. The van der Waals surface area contributed by atoms with Crippen molar-refractivity contribution in [3.63, 3.8) is 0 Å². The molecule has 8 heteroatoms. The summed E-state index contributed by atoms with van der Waals surface area (Å²) in [5.41, 5.74) is 4.55. The molecule has 0 aliphatic carbocycles. The van der Waals surface area contributed by atoms with Crippen LogP contribution in [0.3, 0.4) is 0 Å². The van der Waals surface area contributed by atoms with Crippen LogP contribution in [0.2, 0.25) is 0 Å². The van der Waals surface area contributed by atoms with Crippen molar-refractivity contribution in [2.45, 2.75) is 27.3 Å². The van der Waals surface area contributed by atoms with Crippen molar-refractivity contribution in [3.8, 4) is 11.3 Å². The summed E-state index contributed by atoms with van der Waals surface area (Å²) in [6, 6.07) is 9.51. The predicted octanol–water partition coefficient (Wildman–Crippen LogP) is 3.48. The molecule has 146 valence electrons. The van der Waals surface area contributed by atoms with Crippen LogP contribution in [0.25, 0.3) is 21.5 Å². The van der Waals surface area contributed by atoms with Crippen LogP contribution in [0.15, 0.2) is 47.5 Å². The summed E-state index contributed by atoms with van der Waals surface area (Å²) >= 11 is 1.10. The minimum Gasteiger partial charge on any atom is -0.324 e. The third-order valence-electron chi connectivity index (χ3n) is 4.69.